The van der Waals surface area contributed by atoms with E-state index >= 15 is 0 Å². The average molecular weight is 377 g/mol. The lowest BCUT2D eigenvalue weighted by Crippen LogP contribution is -2.49. The molecule has 1 aliphatic rings. The van der Waals surface area contributed by atoms with Gasteiger partial charge in [-0.1, -0.05) is 24.3 Å². The summed E-state index contributed by atoms with van der Waals surface area (Å²) in [7, 11) is 1.73. The van der Waals surface area contributed by atoms with Gasteiger partial charge in [0.1, 0.15) is 17.6 Å². The van der Waals surface area contributed by atoms with Crippen LogP contribution >= 0.6 is 0 Å². The molecule has 0 saturated heterocycles. The van der Waals surface area contributed by atoms with Gasteiger partial charge in [-0.25, -0.2) is 0 Å². The van der Waals surface area contributed by atoms with Gasteiger partial charge in [-0.15, -0.1) is 14.6 Å². The molecule has 1 aromatic heterocycles. The summed E-state index contributed by atoms with van der Waals surface area (Å²) >= 11 is 0. The molecule has 1 saturated carbocycles. The number of hydrogen-bond acceptors (Lipinski definition) is 5. The molecule has 6 heteroatoms. The normalized spacial score (nSPS) is 20.9. The van der Waals surface area contributed by atoms with Crippen molar-refractivity contribution in [1.82, 2.24) is 10.2 Å². The standard InChI is InChI=1S/C22H20FN3O2/c1-22(28-2)12-15(13-22)24-21-17-6-4-3-5-16(17)20(25-26-21)18-8-7-14(9-10-23)11-19(18)27/h3-8,11,15,27H,12-13H2,1-2H3,(H,24,26). The van der Waals surface area contributed by atoms with E-state index < -0.39 is 0 Å². The Kier molecular flexibility index (Phi) is 4.62. The number of phenols is 1. The van der Waals surface area contributed by atoms with Crippen molar-refractivity contribution in [3.05, 3.63) is 48.0 Å². The number of aromatic hydroxyl groups is 1. The number of benzene rings is 2. The van der Waals surface area contributed by atoms with Crippen LogP contribution in [0.25, 0.3) is 22.0 Å². The SMILES string of the molecule is COC1(C)CC(Nc2nnc(-c3ccc(C#CF)cc3O)c3ccccc23)C1. The van der Waals surface area contributed by atoms with E-state index in [9.17, 15) is 9.50 Å². The van der Waals surface area contributed by atoms with E-state index in [1.165, 1.54) is 12.2 Å². The van der Waals surface area contributed by atoms with E-state index in [0.29, 0.717) is 22.6 Å². The van der Waals surface area contributed by atoms with Gasteiger partial charge in [0.05, 0.1) is 5.60 Å². The summed E-state index contributed by atoms with van der Waals surface area (Å²) in [6.45, 7) is 2.10. The van der Waals surface area contributed by atoms with E-state index in [-0.39, 0.29) is 17.4 Å². The number of anilines is 1. The first-order valence-corrected chi connectivity index (χ1v) is 9.05. The average Bonchev–Trinajstić information content (AvgIpc) is 2.68. The van der Waals surface area contributed by atoms with E-state index in [0.717, 1.165) is 23.6 Å². The molecule has 2 N–H and O–H groups in total. The maximum atomic E-state index is 12.2. The fourth-order valence-corrected chi connectivity index (χ4v) is 3.72. The van der Waals surface area contributed by atoms with Crippen LogP contribution in [0.15, 0.2) is 42.5 Å². The Labute approximate surface area is 162 Å². The number of halogens is 1. The molecule has 0 spiro atoms. The predicted octanol–water partition coefficient (Wildman–Crippen LogP) is 4.26. The number of rotatable bonds is 4. The summed E-state index contributed by atoms with van der Waals surface area (Å²) < 4.78 is 17.7. The smallest absolute Gasteiger partial charge is 0.156 e. The Morgan fingerprint density at radius 1 is 1.18 bits per heavy atom. The first-order chi connectivity index (χ1) is 13.5. The number of nitrogens with zero attached hydrogens (tertiary/aromatic N) is 2. The number of fused-ring (bicyclic) bond motifs is 1. The van der Waals surface area contributed by atoms with Gasteiger partial charge in [0.25, 0.3) is 0 Å². The molecular formula is C22H20FN3O2. The van der Waals surface area contributed by atoms with E-state index in [2.05, 4.69) is 28.4 Å². The minimum absolute atomic E-state index is 0.0183. The Hall–Kier alpha value is -3.17. The van der Waals surface area contributed by atoms with Crippen molar-refractivity contribution in [2.24, 2.45) is 0 Å². The van der Waals surface area contributed by atoms with Crippen molar-refractivity contribution in [2.75, 3.05) is 12.4 Å². The fourth-order valence-electron chi connectivity index (χ4n) is 3.72. The third kappa shape index (κ3) is 3.25. The van der Waals surface area contributed by atoms with Gasteiger partial charge >= 0.3 is 0 Å². The van der Waals surface area contributed by atoms with Crippen LogP contribution < -0.4 is 5.32 Å². The molecule has 0 radical (unpaired) electrons. The van der Waals surface area contributed by atoms with Gasteiger partial charge in [0, 0.05) is 35.1 Å². The molecule has 0 unspecified atom stereocenters. The van der Waals surface area contributed by atoms with Gasteiger partial charge in [-0.2, -0.15) is 0 Å². The maximum absolute atomic E-state index is 12.2. The summed E-state index contributed by atoms with van der Waals surface area (Å²) in [6, 6.07) is 12.8. The third-order valence-corrected chi connectivity index (χ3v) is 5.32. The highest BCUT2D eigenvalue weighted by atomic mass is 19.1. The molecule has 0 aliphatic heterocycles. The first-order valence-electron chi connectivity index (χ1n) is 9.05. The largest absolute Gasteiger partial charge is 0.507 e. The van der Waals surface area contributed by atoms with Crippen LogP contribution in [0.1, 0.15) is 25.3 Å². The highest BCUT2D eigenvalue weighted by Crippen LogP contribution is 2.39. The van der Waals surface area contributed by atoms with E-state index in [1.807, 2.05) is 24.3 Å². The topological polar surface area (TPSA) is 67.3 Å². The highest BCUT2D eigenvalue weighted by molar-refractivity contribution is 6.01. The fraction of sp³-hybridized carbons (Fsp3) is 0.273. The Morgan fingerprint density at radius 3 is 2.61 bits per heavy atom. The summed E-state index contributed by atoms with van der Waals surface area (Å²) in [5.41, 5.74) is 1.39. The molecule has 2 aromatic carbocycles. The molecule has 0 atom stereocenters. The number of ether oxygens (including phenoxy) is 1. The van der Waals surface area contributed by atoms with Crippen LogP contribution in [0, 0.1) is 12.1 Å². The zero-order valence-corrected chi connectivity index (χ0v) is 15.7. The van der Waals surface area contributed by atoms with Crippen molar-refractivity contribution >= 4 is 16.6 Å². The van der Waals surface area contributed by atoms with Crippen molar-refractivity contribution in [2.45, 2.75) is 31.4 Å². The number of methoxy groups -OCH3 is 1. The highest BCUT2D eigenvalue weighted by Gasteiger charge is 2.40. The van der Waals surface area contributed by atoms with Crippen LogP contribution in [0.2, 0.25) is 0 Å². The first kappa shape index (κ1) is 18.2. The number of hydrogen-bond donors (Lipinski definition) is 2. The molecule has 1 aliphatic carbocycles. The zero-order valence-electron chi connectivity index (χ0n) is 15.7. The second-order valence-electron chi connectivity index (χ2n) is 7.30. The monoisotopic (exact) mass is 377 g/mol. The van der Waals surface area contributed by atoms with Gasteiger partial charge in [-0.3, -0.25) is 0 Å². The zero-order chi connectivity index (χ0) is 19.7. The summed E-state index contributed by atoms with van der Waals surface area (Å²) in [6.07, 6.45) is 3.14. The lowest BCUT2D eigenvalue weighted by atomic mass is 9.77. The maximum Gasteiger partial charge on any atom is 0.156 e. The number of phenolic OH excluding ortho intramolecular Hbond substituents is 1. The van der Waals surface area contributed by atoms with Gasteiger partial charge in [-0.05, 0) is 43.9 Å². The summed E-state index contributed by atoms with van der Waals surface area (Å²) in [5.74, 6) is 2.98. The molecule has 28 heavy (non-hydrogen) atoms. The Bertz CT molecular complexity index is 1100. The molecule has 0 amide bonds. The lowest BCUT2D eigenvalue weighted by molar-refractivity contribution is -0.0625. The summed E-state index contributed by atoms with van der Waals surface area (Å²) in [5, 5.41) is 24.4. The third-order valence-electron chi connectivity index (χ3n) is 5.32. The van der Waals surface area contributed by atoms with Crippen molar-refractivity contribution < 1.29 is 14.2 Å². The molecule has 3 aromatic rings. The molecule has 1 heterocycles. The molecule has 142 valence electrons. The number of nitrogens with one attached hydrogen (secondary N) is 1. The van der Waals surface area contributed by atoms with Crippen LogP contribution in [-0.4, -0.2) is 34.1 Å². The van der Waals surface area contributed by atoms with E-state index in [4.69, 9.17) is 4.74 Å². The Morgan fingerprint density at radius 2 is 1.93 bits per heavy atom. The van der Waals surface area contributed by atoms with Gasteiger partial charge in [0.2, 0.25) is 0 Å². The molecular weight excluding hydrogens is 357 g/mol. The lowest BCUT2D eigenvalue weighted by Gasteiger charge is -2.44. The second kappa shape index (κ2) is 7.10. The van der Waals surface area contributed by atoms with Crippen LogP contribution in [0.4, 0.5) is 10.2 Å². The second-order valence-corrected chi connectivity index (χ2v) is 7.30. The minimum Gasteiger partial charge on any atom is -0.507 e. The summed E-state index contributed by atoms with van der Waals surface area (Å²) in [4.78, 5) is 0. The van der Waals surface area contributed by atoms with Crippen molar-refractivity contribution in [3.8, 4) is 29.1 Å². The van der Waals surface area contributed by atoms with Crippen molar-refractivity contribution in [1.29, 1.82) is 0 Å². The molecule has 4 rings (SSSR count). The molecule has 5 nitrogen and oxygen atoms in total. The van der Waals surface area contributed by atoms with Gasteiger partial charge < -0.3 is 15.2 Å². The van der Waals surface area contributed by atoms with Gasteiger partial charge in [0.15, 0.2) is 5.82 Å². The molecule has 0 bridgehead atoms. The number of aromatic nitrogens is 2. The predicted molar refractivity (Wildman–Crippen MR) is 107 cm³/mol. The van der Waals surface area contributed by atoms with Crippen LogP contribution in [0.3, 0.4) is 0 Å². The minimum atomic E-state index is -0.0864. The van der Waals surface area contributed by atoms with Crippen LogP contribution in [0.5, 0.6) is 5.75 Å². The van der Waals surface area contributed by atoms with Crippen molar-refractivity contribution in [3.63, 3.8) is 0 Å². The Balaban J connectivity index is 1.71. The molecule has 1 fully saturated rings. The van der Waals surface area contributed by atoms with Crippen LogP contribution in [-0.2, 0) is 4.74 Å². The quantitative estimate of drug-likeness (QED) is 0.665. The van der Waals surface area contributed by atoms with E-state index in [1.54, 1.807) is 19.2 Å².